The molecule has 5 nitrogen and oxygen atoms in total. The van der Waals surface area contributed by atoms with Gasteiger partial charge in [0, 0.05) is 48.6 Å². The molecular formula is C20H20N4O. The Kier molecular flexibility index (Phi) is 4.29. The van der Waals surface area contributed by atoms with Crippen LogP contribution in [0.15, 0.2) is 61.2 Å². The molecular weight excluding hydrogens is 312 g/mol. The third kappa shape index (κ3) is 3.45. The number of carbonyl (C=O) groups excluding carboxylic acids is 1. The summed E-state index contributed by atoms with van der Waals surface area (Å²) in [5, 5.41) is 5.09. The van der Waals surface area contributed by atoms with E-state index in [1.807, 2.05) is 47.6 Å². The number of urea groups is 1. The van der Waals surface area contributed by atoms with Gasteiger partial charge in [0.2, 0.25) is 0 Å². The third-order valence-corrected chi connectivity index (χ3v) is 4.74. The number of pyridine rings is 2. The van der Waals surface area contributed by atoms with E-state index >= 15 is 0 Å². The lowest BCUT2D eigenvalue weighted by Crippen LogP contribution is -2.33. The first-order valence-electron chi connectivity index (χ1n) is 8.57. The maximum atomic E-state index is 12.6. The topological polar surface area (TPSA) is 58.1 Å². The molecule has 3 heterocycles. The Morgan fingerprint density at radius 2 is 2.04 bits per heavy atom. The molecule has 5 heteroatoms. The normalized spacial score (nSPS) is 17.0. The number of amides is 2. The SMILES string of the molecule is O=C(Nc1cccc2cnccc12)N1CCC(Cc2cccnc2)C1. The summed E-state index contributed by atoms with van der Waals surface area (Å²) in [6, 6.07) is 11.8. The summed E-state index contributed by atoms with van der Waals surface area (Å²) in [6.45, 7) is 1.58. The summed E-state index contributed by atoms with van der Waals surface area (Å²) in [5.74, 6) is 0.492. The van der Waals surface area contributed by atoms with Gasteiger partial charge in [0.25, 0.3) is 0 Å². The number of aromatic nitrogens is 2. The number of hydrogen-bond acceptors (Lipinski definition) is 3. The van der Waals surface area contributed by atoms with Crippen LogP contribution in [0.3, 0.4) is 0 Å². The molecule has 0 radical (unpaired) electrons. The molecule has 25 heavy (non-hydrogen) atoms. The lowest BCUT2D eigenvalue weighted by Gasteiger charge is -2.18. The Morgan fingerprint density at radius 3 is 2.92 bits per heavy atom. The van der Waals surface area contributed by atoms with Crippen LogP contribution in [-0.4, -0.2) is 34.0 Å². The van der Waals surface area contributed by atoms with Gasteiger partial charge in [0.15, 0.2) is 0 Å². The van der Waals surface area contributed by atoms with Crippen molar-refractivity contribution in [2.24, 2.45) is 5.92 Å². The van der Waals surface area contributed by atoms with Crippen molar-refractivity contribution in [3.63, 3.8) is 0 Å². The summed E-state index contributed by atoms with van der Waals surface area (Å²) >= 11 is 0. The Balaban J connectivity index is 1.42. The predicted molar refractivity (Wildman–Crippen MR) is 98.4 cm³/mol. The smallest absolute Gasteiger partial charge is 0.321 e. The van der Waals surface area contributed by atoms with Gasteiger partial charge in [-0.2, -0.15) is 0 Å². The second-order valence-corrected chi connectivity index (χ2v) is 6.50. The number of likely N-dealkylation sites (tertiary alicyclic amines) is 1. The molecule has 0 saturated carbocycles. The Hall–Kier alpha value is -2.95. The van der Waals surface area contributed by atoms with Crippen LogP contribution in [-0.2, 0) is 6.42 Å². The molecule has 0 aliphatic carbocycles. The van der Waals surface area contributed by atoms with Crippen LogP contribution < -0.4 is 5.32 Å². The molecule has 1 N–H and O–H groups in total. The third-order valence-electron chi connectivity index (χ3n) is 4.74. The summed E-state index contributed by atoms with van der Waals surface area (Å²) in [4.78, 5) is 22.8. The zero-order chi connectivity index (χ0) is 17.1. The van der Waals surface area contributed by atoms with Crippen molar-refractivity contribution in [2.45, 2.75) is 12.8 Å². The highest BCUT2D eigenvalue weighted by atomic mass is 16.2. The van der Waals surface area contributed by atoms with Gasteiger partial charge in [-0.1, -0.05) is 18.2 Å². The van der Waals surface area contributed by atoms with E-state index in [2.05, 4.69) is 21.4 Å². The van der Waals surface area contributed by atoms with Gasteiger partial charge in [-0.25, -0.2) is 4.79 Å². The van der Waals surface area contributed by atoms with Crippen LogP contribution in [0.2, 0.25) is 0 Å². The van der Waals surface area contributed by atoms with Gasteiger partial charge in [-0.05, 0) is 42.5 Å². The van der Waals surface area contributed by atoms with Gasteiger partial charge in [-0.3, -0.25) is 9.97 Å². The summed E-state index contributed by atoms with van der Waals surface area (Å²) in [6.07, 6.45) is 9.26. The Bertz CT molecular complexity index is 876. The highest BCUT2D eigenvalue weighted by molar-refractivity contribution is 6.01. The molecule has 0 bridgehead atoms. The first kappa shape index (κ1) is 15.6. The minimum Gasteiger partial charge on any atom is -0.324 e. The highest BCUT2D eigenvalue weighted by Crippen LogP contribution is 2.25. The average Bonchev–Trinajstić information content (AvgIpc) is 3.11. The van der Waals surface area contributed by atoms with Gasteiger partial charge < -0.3 is 10.2 Å². The fourth-order valence-corrected chi connectivity index (χ4v) is 3.46. The predicted octanol–water partition coefficient (Wildman–Crippen LogP) is 3.73. The Morgan fingerprint density at radius 1 is 1.12 bits per heavy atom. The molecule has 4 rings (SSSR count). The number of nitrogens with one attached hydrogen (secondary N) is 1. The van der Waals surface area contributed by atoms with E-state index in [1.54, 1.807) is 12.4 Å². The monoisotopic (exact) mass is 332 g/mol. The minimum atomic E-state index is -0.0296. The quantitative estimate of drug-likeness (QED) is 0.795. The molecule has 2 aromatic heterocycles. The molecule has 126 valence electrons. The van der Waals surface area contributed by atoms with Crippen LogP contribution in [0.1, 0.15) is 12.0 Å². The number of anilines is 1. The zero-order valence-corrected chi connectivity index (χ0v) is 13.9. The van der Waals surface area contributed by atoms with Gasteiger partial charge in [0.05, 0.1) is 5.69 Å². The van der Waals surface area contributed by atoms with Gasteiger partial charge in [0.1, 0.15) is 0 Å². The average molecular weight is 332 g/mol. The number of nitrogens with zero attached hydrogens (tertiary/aromatic N) is 3. The standard InChI is InChI=1S/C20H20N4O/c25-20(23-19-5-1-4-17-13-22-9-6-18(17)19)24-10-7-16(14-24)11-15-3-2-8-21-12-15/h1-6,8-9,12-13,16H,7,10-11,14H2,(H,23,25). The molecule has 3 aromatic rings. The number of fused-ring (bicyclic) bond motifs is 1. The van der Waals surface area contributed by atoms with E-state index < -0.39 is 0 Å². The minimum absolute atomic E-state index is 0.0296. The van der Waals surface area contributed by atoms with E-state index in [0.29, 0.717) is 5.92 Å². The van der Waals surface area contributed by atoms with Gasteiger partial charge in [-0.15, -0.1) is 0 Å². The van der Waals surface area contributed by atoms with E-state index in [9.17, 15) is 4.79 Å². The molecule has 1 fully saturated rings. The summed E-state index contributed by atoms with van der Waals surface area (Å²) in [5.41, 5.74) is 2.07. The van der Waals surface area contributed by atoms with E-state index in [4.69, 9.17) is 0 Å². The van der Waals surface area contributed by atoms with Crippen LogP contribution in [0.4, 0.5) is 10.5 Å². The van der Waals surface area contributed by atoms with Crippen LogP contribution in [0.25, 0.3) is 10.8 Å². The number of carbonyl (C=O) groups is 1. The second kappa shape index (κ2) is 6.89. The molecule has 1 aromatic carbocycles. The number of hydrogen-bond donors (Lipinski definition) is 1. The molecule has 1 unspecified atom stereocenters. The Labute approximate surface area is 146 Å². The van der Waals surface area contributed by atoms with Crippen molar-refractivity contribution in [2.75, 3.05) is 18.4 Å². The highest BCUT2D eigenvalue weighted by Gasteiger charge is 2.26. The first-order chi connectivity index (χ1) is 12.3. The maximum absolute atomic E-state index is 12.6. The van der Waals surface area contributed by atoms with Crippen molar-refractivity contribution >= 4 is 22.5 Å². The van der Waals surface area contributed by atoms with Crippen LogP contribution in [0, 0.1) is 5.92 Å². The van der Waals surface area contributed by atoms with Crippen LogP contribution >= 0.6 is 0 Å². The van der Waals surface area contributed by atoms with Crippen molar-refractivity contribution in [3.05, 3.63) is 66.7 Å². The second-order valence-electron chi connectivity index (χ2n) is 6.50. The molecule has 1 atom stereocenters. The first-order valence-corrected chi connectivity index (χ1v) is 8.57. The van der Waals surface area contributed by atoms with E-state index in [-0.39, 0.29) is 6.03 Å². The molecule has 2 amide bonds. The van der Waals surface area contributed by atoms with E-state index in [1.165, 1.54) is 5.56 Å². The molecule has 1 aliphatic rings. The van der Waals surface area contributed by atoms with Gasteiger partial charge >= 0.3 is 6.03 Å². The molecule has 1 aliphatic heterocycles. The summed E-state index contributed by atoms with van der Waals surface area (Å²) < 4.78 is 0. The maximum Gasteiger partial charge on any atom is 0.321 e. The van der Waals surface area contributed by atoms with Crippen LogP contribution in [0.5, 0.6) is 0 Å². The van der Waals surface area contributed by atoms with Crippen molar-refractivity contribution in [3.8, 4) is 0 Å². The molecule has 1 saturated heterocycles. The van der Waals surface area contributed by atoms with Crippen molar-refractivity contribution in [1.29, 1.82) is 0 Å². The number of rotatable bonds is 3. The lowest BCUT2D eigenvalue weighted by molar-refractivity contribution is 0.221. The van der Waals surface area contributed by atoms with Crippen molar-refractivity contribution < 1.29 is 4.79 Å². The largest absolute Gasteiger partial charge is 0.324 e. The fraction of sp³-hybridized carbons (Fsp3) is 0.250. The fourth-order valence-electron chi connectivity index (χ4n) is 3.46. The molecule has 0 spiro atoms. The number of benzene rings is 1. The zero-order valence-electron chi connectivity index (χ0n) is 13.9. The summed E-state index contributed by atoms with van der Waals surface area (Å²) in [7, 11) is 0. The van der Waals surface area contributed by atoms with E-state index in [0.717, 1.165) is 42.4 Å². The van der Waals surface area contributed by atoms with Crippen molar-refractivity contribution in [1.82, 2.24) is 14.9 Å². The lowest BCUT2D eigenvalue weighted by atomic mass is 10.0.